The zero-order chi connectivity index (χ0) is 21.1. The van der Waals surface area contributed by atoms with Crippen molar-refractivity contribution in [1.82, 2.24) is 30.0 Å². The topological polar surface area (TPSA) is 99.2 Å². The summed E-state index contributed by atoms with van der Waals surface area (Å²) in [5, 5.41) is 12.4. The Hall–Kier alpha value is -2.94. The van der Waals surface area contributed by atoms with Crippen LogP contribution in [0.25, 0.3) is 11.6 Å². The predicted octanol–water partition coefficient (Wildman–Crippen LogP) is 3.50. The van der Waals surface area contributed by atoms with E-state index in [0.717, 1.165) is 12.8 Å². The smallest absolute Gasteiger partial charge is 0.280 e. The molecule has 0 bridgehead atoms. The van der Waals surface area contributed by atoms with E-state index in [4.69, 9.17) is 9.26 Å². The second-order valence-corrected chi connectivity index (χ2v) is 7.83. The van der Waals surface area contributed by atoms with Crippen LogP contribution in [0.2, 0.25) is 0 Å². The molecule has 4 rings (SSSR count). The van der Waals surface area contributed by atoms with Crippen LogP contribution in [0.1, 0.15) is 51.4 Å². The van der Waals surface area contributed by atoms with Crippen LogP contribution in [0.4, 0.5) is 0 Å². The summed E-state index contributed by atoms with van der Waals surface area (Å²) < 4.78 is 12.9. The van der Waals surface area contributed by atoms with Gasteiger partial charge in [-0.25, -0.2) is 4.68 Å². The van der Waals surface area contributed by atoms with Gasteiger partial charge in [0.15, 0.2) is 17.6 Å². The average Bonchev–Trinajstić information content (AvgIpc) is 3.44. The van der Waals surface area contributed by atoms with Crippen molar-refractivity contribution in [3.8, 4) is 17.3 Å². The third-order valence-electron chi connectivity index (χ3n) is 5.24. The van der Waals surface area contributed by atoms with Gasteiger partial charge < -0.3 is 14.2 Å². The Labute approximate surface area is 187 Å². The average molecular weight is 447 g/mol. The van der Waals surface area contributed by atoms with Gasteiger partial charge in [-0.2, -0.15) is 4.98 Å². The fourth-order valence-electron chi connectivity index (χ4n) is 3.49. The van der Waals surface area contributed by atoms with E-state index in [-0.39, 0.29) is 30.3 Å². The number of carbonyl (C=O) groups is 1. The normalized spacial score (nSPS) is 15.5. The van der Waals surface area contributed by atoms with E-state index in [0.29, 0.717) is 36.2 Å². The first-order valence-electron chi connectivity index (χ1n) is 10.3. The highest BCUT2D eigenvalue weighted by molar-refractivity contribution is 5.85. The number of nitrogens with zero attached hydrogens (tertiary/aromatic N) is 6. The van der Waals surface area contributed by atoms with Gasteiger partial charge in [0.1, 0.15) is 5.75 Å². The highest BCUT2D eigenvalue weighted by Crippen LogP contribution is 2.25. The molecule has 31 heavy (non-hydrogen) atoms. The molecule has 0 spiro atoms. The molecule has 3 aromatic rings. The number of halogens is 1. The van der Waals surface area contributed by atoms with E-state index >= 15 is 0 Å². The minimum absolute atomic E-state index is 0. The van der Waals surface area contributed by atoms with Gasteiger partial charge in [-0.05, 0) is 31.9 Å². The monoisotopic (exact) mass is 446 g/mol. The number of para-hydroxylation sites is 1. The van der Waals surface area contributed by atoms with Gasteiger partial charge in [-0.15, -0.1) is 17.5 Å². The number of aromatic nitrogens is 5. The second-order valence-electron chi connectivity index (χ2n) is 7.83. The minimum Gasteiger partial charge on any atom is -0.481 e. The van der Waals surface area contributed by atoms with E-state index in [1.165, 1.54) is 0 Å². The number of hydrogen-bond donors (Lipinski definition) is 0. The lowest BCUT2D eigenvalue weighted by atomic mass is 10.0. The van der Waals surface area contributed by atoms with E-state index < -0.39 is 6.10 Å². The summed E-state index contributed by atoms with van der Waals surface area (Å²) in [6, 6.07) is 9.58. The Morgan fingerprint density at radius 1 is 1.16 bits per heavy atom. The lowest BCUT2D eigenvalue weighted by Gasteiger charge is -2.33. The van der Waals surface area contributed by atoms with Gasteiger partial charge in [-0.1, -0.05) is 42.4 Å². The van der Waals surface area contributed by atoms with Gasteiger partial charge in [-0.3, -0.25) is 4.79 Å². The van der Waals surface area contributed by atoms with E-state index in [9.17, 15) is 4.79 Å². The summed E-state index contributed by atoms with van der Waals surface area (Å²) in [5.41, 5.74) is 0.567. The molecular formula is C21H27ClN6O3. The molecule has 1 aliphatic rings. The summed E-state index contributed by atoms with van der Waals surface area (Å²) in [7, 11) is 0. The molecule has 3 heterocycles. The van der Waals surface area contributed by atoms with Crippen molar-refractivity contribution in [2.45, 2.75) is 51.7 Å². The Morgan fingerprint density at radius 3 is 2.52 bits per heavy atom. The van der Waals surface area contributed by atoms with Crippen LogP contribution in [0.5, 0.6) is 5.75 Å². The first-order valence-corrected chi connectivity index (χ1v) is 10.3. The van der Waals surface area contributed by atoms with Crippen molar-refractivity contribution in [1.29, 1.82) is 0 Å². The maximum absolute atomic E-state index is 12.7. The highest BCUT2D eigenvalue weighted by Gasteiger charge is 2.28. The van der Waals surface area contributed by atoms with Crippen LogP contribution < -0.4 is 4.74 Å². The number of ether oxygens (including phenoxy) is 1. The molecule has 0 radical (unpaired) electrons. The van der Waals surface area contributed by atoms with Crippen LogP contribution in [0, 0.1) is 0 Å². The molecule has 0 aliphatic carbocycles. The third-order valence-corrected chi connectivity index (χ3v) is 5.24. The molecule has 0 N–H and O–H groups in total. The van der Waals surface area contributed by atoms with Gasteiger partial charge >= 0.3 is 0 Å². The van der Waals surface area contributed by atoms with Gasteiger partial charge in [0.05, 0.1) is 12.2 Å². The van der Waals surface area contributed by atoms with Crippen molar-refractivity contribution < 1.29 is 14.1 Å². The first kappa shape index (κ1) is 22.7. The molecule has 1 aliphatic heterocycles. The maximum Gasteiger partial charge on any atom is 0.280 e. The van der Waals surface area contributed by atoms with Gasteiger partial charge in [0, 0.05) is 19.0 Å². The molecule has 10 heteroatoms. The van der Waals surface area contributed by atoms with Crippen molar-refractivity contribution in [3.63, 3.8) is 0 Å². The minimum atomic E-state index is -0.519. The lowest BCUT2D eigenvalue weighted by molar-refractivity contribution is -0.139. The second kappa shape index (κ2) is 9.91. The zero-order valence-electron chi connectivity index (χ0n) is 17.8. The molecule has 1 aromatic carbocycles. The van der Waals surface area contributed by atoms with E-state index in [2.05, 4.69) is 20.5 Å². The molecule has 166 valence electrons. The zero-order valence-corrected chi connectivity index (χ0v) is 18.7. The SMILES string of the molecule is CC(Oc1ccccc1)C(=O)N1CCC(n2cc(-c3nc(C(C)C)no3)nn2)CC1.Cl. The van der Waals surface area contributed by atoms with Crippen LogP contribution in [-0.4, -0.2) is 55.1 Å². The summed E-state index contributed by atoms with van der Waals surface area (Å²) in [5.74, 6) is 1.92. The molecule has 1 unspecified atom stereocenters. The predicted molar refractivity (Wildman–Crippen MR) is 116 cm³/mol. The Kier molecular flexibility index (Phi) is 7.27. The number of carbonyl (C=O) groups excluding carboxylic acids is 1. The van der Waals surface area contributed by atoms with Crippen molar-refractivity contribution in [3.05, 3.63) is 42.4 Å². The largest absolute Gasteiger partial charge is 0.481 e. The number of piperidine rings is 1. The standard InChI is InChI=1S/C21H26N6O3.ClH/c1-14(2)19-22-20(30-24-19)18-13-27(25-23-18)16-9-11-26(12-10-16)21(28)15(3)29-17-7-5-4-6-8-17;/h4-8,13-16H,9-12H2,1-3H3;1H. The van der Waals surface area contributed by atoms with Crippen LogP contribution in [0.3, 0.4) is 0 Å². The fraction of sp³-hybridized carbons (Fsp3) is 0.476. The number of amides is 1. The van der Waals surface area contributed by atoms with Crippen LogP contribution in [0.15, 0.2) is 41.1 Å². The maximum atomic E-state index is 12.7. The molecule has 2 aromatic heterocycles. The fourth-order valence-corrected chi connectivity index (χ4v) is 3.49. The number of hydrogen-bond acceptors (Lipinski definition) is 7. The Bertz CT molecular complexity index is 982. The van der Waals surface area contributed by atoms with E-state index in [1.54, 1.807) is 6.92 Å². The number of likely N-dealkylation sites (tertiary alicyclic amines) is 1. The summed E-state index contributed by atoms with van der Waals surface area (Å²) >= 11 is 0. The molecule has 9 nitrogen and oxygen atoms in total. The van der Waals surface area contributed by atoms with Crippen molar-refractivity contribution in [2.24, 2.45) is 0 Å². The lowest BCUT2D eigenvalue weighted by Crippen LogP contribution is -2.45. The number of rotatable bonds is 6. The Balaban J connectivity index is 0.00000272. The quantitative estimate of drug-likeness (QED) is 0.571. The summed E-state index contributed by atoms with van der Waals surface area (Å²) in [4.78, 5) is 19.0. The van der Waals surface area contributed by atoms with Gasteiger partial charge in [0.2, 0.25) is 0 Å². The van der Waals surface area contributed by atoms with Crippen molar-refractivity contribution in [2.75, 3.05) is 13.1 Å². The van der Waals surface area contributed by atoms with Crippen molar-refractivity contribution >= 4 is 18.3 Å². The van der Waals surface area contributed by atoms with E-state index in [1.807, 2.05) is 60.0 Å². The van der Waals surface area contributed by atoms with Gasteiger partial charge in [0.25, 0.3) is 11.8 Å². The Morgan fingerprint density at radius 2 is 1.87 bits per heavy atom. The molecule has 1 amide bonds. The highest BCUT2D eigenvalue weighted by atomic mass is 35.5. The molecule has 1 fully saturated rings. The molecule has 1 atom stereocenters. The molecule has 0 saturated carbocycles. The molecule has 1 saturated heterocycles. The van der Waals surface area contributed by atoms with Crippen LogP contribution in [-0.2, 0) is 4.79 Å². The first-order chi connectivity index (χ1) is 14.5. The third kappa shape index (κ3) is 5.22. The summed E-state index contributed by atoms with van der Waals surface area (Å²) in [6.45, 7) is 7.11. The number of benzene rings is 1. The molecular weight excluding hydrogens is 420 g/mol. The summed E-state index contributed by atoms with van der Waals surface area (Å²) in [6.07, 6.45) is 2.91. The van der Waals surface area contributed by atoms with Crippen LogP contribution >= 0.6 is 12.4 Å².